The van der Waals surface area contributed by atoms with Crippen LogP contribution in [-0.4, -0.2) is 49.6 Å². The summed E-state index contributed by atoms with van der Waals surface area (Å²) in [6.07, 6.45) is 0. The molecule has 0 aromatic heterocycles. The molecule has 0 aliphatic rings. The minimum atomic E-state index is -4.23. The largest absolute Gasteiger partial charge is 0.497 e. The number of hydrazine groups is 1. The smallest absolute Gasteiger partial charge is 0.350 e. The van der Waals surface area contributed by atoms with Crippen LogP contribution in [0.15, 0.2) is 24.3 Å². The molecule has 0 saturated carbocycles. The van der Waals surface area contributed by atoms with Crippen LogP contribution in [0.2, 0.25) is 0 Å². The van der Waals surface area contributed by atoms with Gasteiger partial charge in [-0.1, -0.05) is 0 Å². The summed E-state index contributed by atoms with van der Waals surface area (Å²) >= 11 is 0. The summed E-state index contributed by atoms with van der Waals surface area (Å²) in [5, 5.41) is 0. The average Bonchev–Trinajstić information content (AvgIpc) is 2.14. The van der Waals surface area contributed by atoms with E-state index in [0.29, 0.717) is 11.4 Å². The molecule has 0 fully saturated rings. The molecule has 1 aromatic rings. The fourth-order valence-electron chi connectivity index (χ4n) is 0.798. The Morgan fingerprint density at radius 2 is 1.80 bits per heavy atom. The molecule has 0 aliphatic heterocycles. The first-order chi connectivity index (χ1) is 6.51. The molecular weight excluding hydrogens is 231 g/mol. The molecule has 3 N–H and O–H groups in total. The van der Waals surface area contributed by atoms with E-state index < -0.39 is 10.3 Å². The maximum atomic E-state index is 10.3. The molecule has 0 spiro atoms. The Kier molecular flexibility index (Phi) is 6.18. The van der Waals surface area contributed by atoms with E-state index in [2.05, 4.69) is 5.43 Å². The number of methoxy groups -OCH3 is 1. The molecule has 1 radical (unpaired) electrons. The van der Waals surface area contributed by atoms with E-state index in [1.165, 1.54) is 7.11 Å². The Morgan fingerprint density at radius 3 is 2.20 bits per heavy atom. The van der Waals surface area contributed by atoms with E-state index in [-0.39, 0.29) is 29.6 Å². The molecule has 0 amide bonds. The normalized spacial score (nSPS) is 10.3. The van der Waals surface area contributed by atoms with Crippen molar-refractivity contribution in [2.24, 2.45) is 0 Å². The van der Waals surface area contributed by atoms with E-state index in [1.807, 2.05) is 0 Å². The molecule has 8 heteroatoms. The number of nitrogens with one attached hydrogen (secondary N) is 2. The van der Waals surface area contributed by atoms with E-state index in [1.54, 1.807) is 29.1 Å². The van der Waals surface area contributed by atoms with Crippen molar-refractivity contribution < 1.29 is 17.7 Å². The second-order valence-corrected chi connectivity index (χ2v) is 3.58. The molecule has 79 valence electrons. The Balaban J connectivity index is 0.00000196. The number of ether oxygens (including phenoxy) is 1. The zero-order valence-electron chi connectivity index (χ0n) is 8.39. The monoisotopic (exact) mass is 241 g/mol. The quantitative estimate of drug-likeness (QED) is 0.393. The molecule has 0 bridgehead atoms. The van der Waals surface area contributed by atoms with Gasteiger partial charge in [-0.25, -0.2) is 0 Å². The van der Waals surface area contributed by atoms with Crippen molar-refractivity contribution in [2.45, 2.75) is 0 Å². The zero-order valence-corrected chi connectivity index (χ0v) is 11.2. The van der Waals surface area contributed by atoms with Crippen molar-refractivity contribution in [1.82, 2.24) is 4.83 Å². The van der Waals surface area contributed by atoms with Gasteiger partial charge in [0.2, 0.25) is 0 Å². The van der Waals surface area contributed by atoms with Crippen LogP contribution in [0.5, 0.6) is 5.75 Å². The SMILES string of the molecule is COc1ccc(NNS(=O)(=O)O)cc1.[Na]. The number of benzene rings is 1. The first-order valence-corrected chi connectivity index (χ1v) is 5.09. The van der Waals surface area contributed by atoms with Crippen molar-refractivity contribution in [1.29, 1.82) is 0 Å². The zero-order chi connectivity index (χ0) is 10.6. The van der Waals surface area contributed by atoms with Gasteiger partial charge in [-0.3, -0.25) is 4.55 Å². The fraction of sp³-hybridized carbons (Fsp3) is 0.143. The number of hydrogen-bond donors (Lipinski definition) is 3. The summed E-state index contributed by atoms with van der Waals surface area (Å²) in [6, 6.07) is 6.48. The van der Waals surface area contributed by atoms with Crippen LogP contribution in [0.1, 0.15) is 0 Å². The molecule has 0 unspecified atom stereocenters. The Hall–Kier alpha value is -0.310. The number of anilines is 1. The maximum Gasteiger partial charge on any atom is 0.350 e. The van der Waals surface area contributed by atoms with Crippen molar-refractivity contribution >= 4 is 45.5 Å². The van der Waals surface area contributed by atoms with Gasteiger partial charge in [0, 0.05) is 29.6 Å². The van der Waals surface area contributed by atoms with E-state index in [0.717, 1.165) is 0 Å². The van der Waals surface area contributed by atoms with Crippen LogP contribution in [0.3, 0.4) is 0 Å². The van der Waals surface area contributed by atoms with E-state index in [9.17, 15) is 8.42 Å². The van der Waals surface area contributed by atoms with Crippen molar-refractivity contribution in [2.75, 3.05) is 12.5 Å². The second kappa shape index (κ2) is 6.31. The van der Waals surface area contributed by atoms with Crippen LogP contribution in [0, 0.1) is 0 Å². The predicted octanol–water partition coefficient (Wildman–Crippen LogP) is 0.0337. The van der Waals surface area contributed by atoms with E-state index >= 15 is 0 Å². The first-order valence-electron chi connectivity index (χ1n) is 3.65. The standard InChI is InChI=1S/C7H10N2O4S.Na/c1-13-7-4-2-6(3-5-7)8-9-14(10,11)12;/h2-5,8-9H,1H3,(H,10,11,12);. The van der Waals surface area contributed by atoms with Gasteiger partial charge in [0.1, 0.15) is 5.75 Å². The summed E-state index contributed by atoms with van der Waals surface area (Å²) in [5.41, 5.74) is 2.78. The summed E-state index contributed by atoms with van der Waals surface area (Å²) in [6.45, 7) is 0. The molecule has 15 heavy (non-hydrogen) atoms. The van der Waals surface area contributed by atoms with Crippen LogP contribution in [-0.2, 0) is 10.3 Å². The van der Waals surface area contributed by atoms with Crippen LogP contribution in [0.4, 0.5) is 5.69 Å². The Bertz CT molecular complexity index is 392. The molecule has 6 nitrogen and oxygen atoms in total. The van der Waals surface area contributed by atoms with Crippen molar-refractivity contribution in [3.63, 3.8) is 0 Å². The average molecular weight is 241 g/mol. The van der Waals surface area contributed by atoms with Crippen molar-refractivity contribution in [3.05, 3.63) is 24.3 Å². The minimum absolute atomic E-state index is 0. The molecule has 0 saturated heterocycles. The third kappa shape index (κ3) is 5.98. The summed E-state index contributed by atoms with van der Waals surface area (Å²) in [7, 11) is -2.70. The van der Waals surface area contributed by atoms with Crippen LogP contribution in [0.25, 0.3) is 0 Å². The summed E-state index contributed by atoms with van der Waals surface area (Å²) < 4.78 is 33.8. The summed E-state index contributed by atoms with van der Waals surface area (Å²) in [5.74, 6) is 0.655. The number of hydrogen-bond acceptors (Lipinski definition) is 4. The van der Waals surface area contributed by atoms with Crippen LogP contribution >= 0.6 is 0 Å². The van der Waals surface area contributed by atoms with Gasteiger partial charge in [-0.05, 0) is 24.3 Å². The van der Waals surface area contributed by atoms with Gasteiger partial charge in [-0.2, -0.15) is 8.42 Å². The third-order valence-electron chi connectivity index (χ3n) is 1.41. The van der Waals surface area contributed by atoms with Crippen LogP contribution < -0.4 is 15.0 Å². The molecular formula is C7H10N2NaO4S. The fourth-order valence-corrected chi connectivity index (χ4v) is 1.04. The van der Waals surface area contributed by atoms with Gasteiger partial charge in [-0.15, -0.1) is 4.83 Å². The van der Waals surface area contributed by atoms with Gasteiger partial charge in [0.15, 0.2) is 0 Å². The van der Waals surface area contributed by atoms with Gasteiger partial charge >= 0.3 is 10.3 Å². The second-order valence-electron chi connectivity index (χ2n) is 2.43. The van der Waals surface area contributed by atoms with Gasteiger partial charge in [0.05, 0.1) is 12.8 Å². The molecule has 0 atom stereocenters. The maximum absolute atomic E-state index is 10.3. The molecule has 1 aromatic carbocycles. The first kappa shape index (κ1) is 14.7. The van der Waals surface area contributed by atoms with Gasteiger partial charge < -0.3 is 10.2 Å². The third-order valence-corrected chi connectivity index (χ3v) is 1.77. The summed E-state index contributed by atoms with van der Waals surface area (Å²) in [4.78, 5) is 1.71. The minimum Gasteiger partial charge on any atom is -0.497 e. The number of rotatable bonds is 4. The Morgan fingerprint density at radius 1 is 1.27 bits per heavy atom. The Labute approximate surface area is 110 Å². The predicted molar refractivity (Wildman–Crippen MR) is 57.1 cm³/mol. The van der Waals surface area contributed by atoms with E-state index in [4.69, 9.17) is 9.29 Å². The molecule has 1 rings (SSSR count). The van der Waals surface area contributed by atoms with Crippen molar-refractivity contribution in [3.8, 4) is 5.75 Å². The van der Waals surface area contributed by atoms with Gasteiger partial charge in [0.25, 0.3) is 0 Å². The molecule has 0 heterocycles. The topological polar surface area (TPSA) is 87.7 Å². The molecule has 0 aliphatic carbocycles.